The molecule has 1 fully saturated rings. The lowest BCUT2D eigenvalue weighted by Gasteiger charge is -2.32. The van der Waals surface area contributed by atoms with Gasteiger partial charge in [-0.1, -0.05) is 19.0 Å². The predicted molar refractivity (Wildman–Crippen MR) is 140 cm³/mol. The van der Waals surface area contributed by atoms with Gasteiger partial charge in [0.15, 0.2) is 11.5 Å². The molecule has 3 aromatic rings. The van der Waals surface area contributed by atoms with Gasteiger partial charge in [0.2, 0.25) is 5.91 Å². The van der Waals surface area contributed by atoms with Gasteiger partial charge in [0.25, 0.3) is 0 Å². The van der Waals surface area contributed by atoms with Crippen molar-refractivity contribution in [2.24, 2.45) is 0 Å². The Hall–Kier alpha value is -3.21. The summed E-state index contributed by atoms with van der Waals surface area (Å²) in [5.41, 5.74) is 1.22. The summed E-state index contributed by atoms with van der Waals surface area (Å²) in [6.45, 7) is 2.00. The number of nitrogens with zero attached hydrogens (tertiary/aromatic N) is 3. The Morgan fingerprint density at radius 3 is 2.59 bits per heavy atom. The zero-order chi connectivity index (χ0) is 25.5. The molecule has 0 atom stereocenters. The number of piperidine rings is 1. The topological polar surface area (TPSA) is 95.0 Å². The lowest BCUT2D eigenvalue weighted by Crippen LogP contribution is -2.43. The number of likely N-dealkylation sites (tertiary alicyclic amines) is 1. The van der Waals surface area contributed by atoms with E-state index in [1.807, 2.05) is 6.07 Å². The molecule has 1 aliphatic rings. The monoisotopic (exact) mass is 534 g/mol. The Bertz CT molecular complexity index is 1210. The van der Waals surface area contributed by atoms with Crippen LogP contribution in [-0.2, 0) is 14.3 Å². The number of anilines is 2. The quantitative estimate of drug-likeness (QED) is 0.369. The molecule has 0 saturated carbocycles. The van der Waals surface area contributed by atoms with Gasteiger partial charge in [-0.05, 0) is 24.3 Å². The number of methoxy groups -OCH3 is 2. The molecule has 37 heavy (non-hydrogen) atoms. The fourth-order valence-electron chi connectivity index (χ4n) is 3.93. The first-order valence-corrected chi connectivity index (χ1v) is 11.9. The molecule has 0 spiro atoms. The highest BCUT2D eigenvalue weighted by molar-refractivity contribution is 6.31. The number of hydrogen-bond donors (Lipinski definition) is 1. The third-order valence-corrected chi connectivity index (χ3v) is 6.07. The van der Waals surface area contributed by atoms with Crippen molar-refractivity contribution in [3.8, 4) is 11.5 Å². The number of aromatic nitrogens is 2. The van der Waals surface area contributed by atoms with E-state index in [1.165, 1.54) is 25.6 Å². The summed E-state index contributed by atoms with van der Waals surface area (Å²) in [5.74, 6) is 1.05. The normalized spacial score (nSPS) is 13.8. The molecule has 4 rings (SSSR count). The molecule has 1 amide bonds. The van der Waals surface area contributed by atoms with Gasteiger partial charge in [0.05, 0.1) is 17.1 Å². The fraction of sp³-hybridized carbons (Fsp3) is 0.423. The zero-order valence-electron chi connectivity index (χ0n) is 20.1. The molecule has 0 unspecified atom stereocenters. The van der Waals surface area contributed by atoms with E-state index in [-0.39, 0.29) is 31.1 Å². The number of rotatable bonds is 10. The van der Waals surface area contributed by atoms with E-state index in [4.69, 9.17) is 30.5 Å². The second-order valence-corrected chi connectivity index (χ2v) is 8.67. The molecule has 11 heteroatoms. The van der Waals surface area contributed by atoms with Gasteiger partial charge >= 0.3 is 0 Å². The van der Waals surface area contributed by atoms with E-state index < -0.39 is 5.82 Å². The van der Waals surface area contributed by atoms with Crippen LogP contribution in [0.25, 0.3) is 10.9 Å². The average molecular weight is 535 g/mol. The lowest BCUT2D eigenvalue weighted by atomic mass is 10.1. The maximum absolute atomic E-state index is 13.6. The van der Waals surface area contributed by atoms with Crippen LogP contribution in [0.3, 0.4) is 0 Å². The highest BCUT2D eigenvalue weighted by Crippen LogP contribution is 2.36. The van der Waals surface area contributed by atoms with Crippen molar-refractivity contribution < 1.29 is 28.1 Å². The van der Waals surface area contributed by atoms with Gasteiger partial charge in [-0.3, -0.25) is 4.79 Å². The first-order valence-electron chi connectivity index (χ1n) is 11.5. The van der Waals surface area contributed by atoms with Gasteiger partial charge in [-0.15, -0.1) is 0 Å². The van der Waals surface area contributed by atoms with Crippen LogP contribution in [0, 0.1) is 5.82 Å². The Labute approximate surface area is 220 Å². The summed E-state index contributed by atoms with van der Waals surface area (Å²) < 4.78 is 36.0. The standard InChI is InChI=1S/C25H28ClFN4O5.CH4/c1-33-9-10-35-22-13-21-18(25(29-15-28-21)30-16-3-4-20(27)19(26)11-16)12-23(22)36-17-5-7-31(8-6-17)24(32)14-34-2;/h3-4,11-13,15,17H,5-10,14H2,1-2H3,(H,28,29,30);1H4. The second-order valence-electron chi connectivity index (χ2n) is 8.26. The summed E-state index contributed by atoms with van der Waals surface area (Å²) in [5, 5.41) is 3.87. The van der Waals surface area contributed by atoms with Crippen LogP contribution in [0.2, 0.25) is 5.02 Å². The molecular weight excluding hydrogens is 503 g/mol. The Morgan fingerprint density at radius 1 is 1.11 bits per heavy atom. The maximum Gasteiger partial charge on any atom is 0.248 e. The van der Waals surface area contributed by atoms with Crippen molar-refractivity contribution in [3.63, 3.8) is 0 Å². The molecule has 9 nitrogen and oxygen atoms in total. The van der Waals surface area contributed by atoms with Crippen molar-refractivity contribution in [2.45, 2.75) is 26.4 Å². The lowest BCUT2D eigenvalue weighted by molar-refractivity contribution is -0.136. The van der Waals surface area contributed by atoms with Crippen LogP contribution < -0.4 is 14.8 Å². The predicted octanol–water partition coefficient (Wildman–Crippen LogP) is 4.84. The van der Waals surface area contributed by atoms with Crippen LogP contribution in [0.1, 0.15) is 20.3 Å². The number of carbonyl (C=O) groups excluding carboxylic acids is 1. The van der Waals surface area contributed by atoms with Gasteiger partial charge in [-0.2, -0.15) is 0 Å². The van der Waals surface area contributed by atoms with Gasteiger partial charge in [0, 0.05) is 57.3 Å². The number of carbonyl (C=O) groups is 1. The van der Waals surface area contributed by atoms with Crippen LogP contribution in [-0.4, -0.2) is 74.0 Å². The van der Waals surface area contributed by atoms with Crippen molar-refractivity contribution in [1.82, 2.24) is 14.9 Å². The summed E-state index contributed by atoms with van der Waals surface area (Å²) in [6, 6.07) is 7.97. The molecular formula is C26H32ClFN4O5. The zero-order valence-corrected chi connectivity index (χ0v) is 20.9. The van der Waals surface area contributed by atoms with E-state index in [9.17, 15) is 9.18 Å². The summed E-state index contributed by atoms with van der Waals surface area (Å²) >= 11 is 5.93. The van der Waals surface area contributed by atoms with E-state index in [1.54, 1.807) is 24.1 Å². The van der Waals surface area contributed by atoms with Crippen LogP contribution in [0.5, 0.6) is 11.5 Å². The molecule has 2 aromatic carbocycles. The van der Waals surface area contributed by atoms with Crippen LogP contribution in [0.4, 0.5) is 15.9 Å². The molecule has 200 valence electrons. The fourth-order valence-corrected chi connectivity index (χ4v) is 4.11. The Kier molecular flexibility index (Phi) is 10.2. The molecule has 1 saturated heterocycles. The van der Waals surface area contributed by atoms with Crippen molar-refractivity contribution >= 4 is 39.9 Å². The number of ether oxygens (including phenoxy) is 4. The van der Waals surface area contributed by atoms with Gasteiger partial charge in [-0.25, -0.2) is 14.4 Å². The third kappa shape index (κ3) is 7.18. The first kappa shape index (κ1) is 28.4. The van der Waals surface area contributed by atoms with Crippen LogP contribution in [0.15, 0.2) is 36.7 Å². The van der Waals surface area contributed by atoms with Crippen molar-refractivity contribution in [1.29, 1.82) is 0 Å². The van der Waals surface area contributed by atoms with Crippen LogP contribution >= 0.6 is 11.6 Å². The number of amides is 1. The van der Waals surface area contributed by atoms with Gasteiger partial charge < -0.3 is 29.2 Å². The maximum atomic E-state index is 13.6. The minimum Gasteiger partial charge on any atom is -0.487 e. The Balaban J connectivity index is 0.00000380. The number of halogens is 2. The largest absolute Gasteiger partial charge is 0.487 e. The molecule has 0 radical (unpaired) electrons. The molecule has 2 heterocycles. The number of nitrogens with one attached hydrogen (secondary N) is 1. The van der Waals surface area contributed by atoms with Crippen molar-refractivity contribution in [3.05, 3.63) is 47.5 Å². The number of hydrogen-bond acceptors (Lipinski definition) is 8. The van der Waals surface area contributed by atoms with Gasteiger partial charge in [0.1, 0.15) is 37.3 Å². The molecule has 0 aliphatic carbocycles. The van der Waals surface area contributed by atoms with E-state index >= 15 is 0 Å². The molecule has 1 N–H and O–H groups in total. The second kappa shape index (κ2) is 13.4. The Morgan fingerprint density at radius 2 is 1.89 bits per heavy atom. The SMILES string of the molecule is C.COCCOc1cc2ncnc(Nc3ccc(F)c(Cl)c3)c2cc1OC1CCN(C(=O)COC)CC1. The highest BCUT2D eigenvalue weighted by atomic mass is 35.5. The third-order valence-electron chi connectivity index (χ3n) is 5.78. The molecule has 1 aromatic heterocycles. The van der Waals surface area contributed by atoms with E-state index in [2.05, 4.69) is 15.3 Å². The van der Waals surface area contributed by atoms with Crippen molar-refractivity contribution in [2.75, 3.05) is 52.4 Å². The summed E-state index contributed by atoms with van der Waals surface area (Å²) in [7, 11) is 3.11. The number of benzene rings is 2. The number of fused-ring (bicyclic) bond motifs is 1. The molecule has 0 bridgehead atoms. The summed E-state index contributed by atoms with van der Waals surface area (Å²) in [4.78, 5) is 22.6. The smallest absolute Gasteiger partial charge is 0.248 e. The minimum absolute atomic E-state index is 0. The minimum atomic E-state index is -0.502. The molecule has 1 aliphatic heterocycles. The first-order chi connectivity index (χ1) is 17.5. The average Bonchev–Trinajstić information content (AvgIpc) is 2.87. The summed E-state index contributed by atoms with van der Waals surface area (Å²) in [6.07, 6.45) is 2.68. The highest BCUT2D eigenvalue weighted by Gasteiger charge is 2.25. The van der Waals surface area contributed by atoms with E-state index in [0.717, 1.165) is 0 Å². The van der Waals surface area contributed by atoms with E-state index in [0.29, 0.717) is 73.1 Å².